The second-order valence-corrected chi connectivity index (χ2v) is 2.50. The predicted molar refractivity (Wildman–Crippen MR) is 47.8 cm³/mol. The van der Waals surface area contributed by atoms with Crippen LogP contribution in [0.5, 0.6) is 0 Å². The van der Waals surface area contributed by atoms with Crippen molar-refractivity contribution in [1.82, 2.24) is 4.98 Å². The molecular formula is C10H11NO. The van der Waals surface area contributed by atoms with Gasteiger partial charge in [0.05, 0.1) is 0 Å². The lowest BCUT2D eigenvalue weighted by atomic mass is 10.1. The summed E-state index contributed by atoms with van der Waals surface area (Å²) in [5, 5.41) is 0. The van der Waals surface area contributed by atoms with Gasteiger partial charge in [-0.15, -0.1) is 0 Å². The van der Waals surface area contributed by atoms with Crippen LogP contribution < -0.4 is 0 Å². The molecule has 0 atom stereocenters. The Labute approximate surface area is 71.9 Å². The highest BCUT2D eigenvalue weighted by molar-refractivity contribution is 5.91. The maximum Gasteiger partial charge on any atom is 0.159 e. The fraction of sp³-hybridized carbons (Fsp3) is 0.200. The molecule has 1 aromatic heterocycles. The molecule has 0 aromatic carbocycles. The van der Waals surface area contributed by atoms with Crippen LogP contribution in [0.2, 0.25) is 0 Å². The lowest BCUT2D eigenvalue weighted by molar-refractivity contribution is -0.114. The first-order chi connectivity index (χ1) is 5.83. The van der Waals surface area contributed by atoms with Gasteiger partial charge in [-0.1, -0.05) is 12.1 Å². The first-order valence-electron chi connectivity index (χ1n) is 3.87. The number of carbonyl (C=O) groups excluding carboxylic acids is 1. The summed E-state index contributed by atoms with van der Waals surface area (Å²) >= 11 is 0. The molecule has 0 amide bonds. The monoisotopic (exact) mass is 161 g/mol. The van der Waals surface area contributed by atoms with Gasteiger partial charge in [-0.05, 0) is 24.6 Å². The Morgan fingerprint density at radius 1 is 1.67 bits per heavy atom. The molecule has 2 nitrogen and oxygen atoms in total. The van der Waals surface area contributed by atoms with Crippen molar-refractivity contribution in [2.75, 3.05) is 0 Å². The van der Waals surface area contributed by atoms with Gasteiger partial charge >= 0.3 is 0 Å². The van der Waals surface area contributed by atoms with Crippen LogP contribution in [0.25, 0.3) is 0 Å². The fourth-order valence-corrected chi connectivity index (χ4v) is 0.949. The van der Waals surface area contributed by atoms with E-state index in [2.05, 4.69) is 4.98 Å². The van der Waals surface area contributed by atoms with Crippen molar-refractivity contribution in [3.63, 3.8) is 0 Å². The van der Waals surface area contributed by atoms with E-state index >= 15 is 0 Å². The van der Waals surface area contributed by atoms with Gasteiger partial charge in [0.2, 0.25) is 0 Å². The van der Waals surface area contributed by atoms with Crippen LogP contribution >= 0.6 is 0 Å². The Morgan fingerprint density at radius 2 is 2.50 bits per heavy atom. The lowest BCUT2D eigenvalue weighted by Crippen LogP contribution is -1.97. The van der Waals surface area contributed by atoms with Crippen molar-refractivity contribution in [1.29, 1.82) is 0 Å². The third-order valence-electron chi connectivity index (χ3n) is 1.45. The molecule has 12 heavy (non-hydrogen) atoms. The van der Waals surface area contributed by atoms with Crippen molar-refractivity contribution in [3.05, 3.63) is 42.2 Å². The summed E-state index contributed by atoms with van der Waals surface area (Å²) in [5.74, 6) is 0.116. The third kappa shape index (κ3) is 2.66. The number of aromatic nitrogens is 1. The molecule has 2 heteroatoms. The molecule has 0 fully saturated rings. The summed E-state index contributed by atoms with van der Waals surface area (Å²) < 4.78 is 0. The van der Waals surface area contributed by atoms with Crippen molar-refractivity contribution in [2.45, 2.75) is 13.3 Å². The van der Waals surface area contributed by atoms with Gasteiger partial charge in [0.1, 0.15) is 0 Å². The average Bonchev–Trinajstić information content (AvgIpc) is 2.06. The Kier molecular flexibility index (Phi) is 3.20. The summed E-state index contributed by atoms with van der Waals surface area (Å²) in [6.45, 7) is 1.83. The largest absolute Gasteiger partial charge is 0.294 e. The Hall–Kier alpha value is -1.44. The van der Waals surface area contributed by atoms with Gasteiger partial charge in [-0.3, -0.25) is 9.78 Å². The maximum atomic E-state index is 11.1. The summed E-state index contributed by atoms with van der Waals surface area (Å²) in [7, 11) is 0. The number of carbonyl (C=O) groups is 1. The zero-order valence-electron chi connectivity index (χ0n) is 7.03. The number of hydrogen-bond acceptors (Lipinski definition) is 2. The molecular weight excluding hydrogens is 150 g/mol. The smallest absolute Gasteiger partial charge is 0.159 e. The Balaban J connectivity index is 2.59. The number of ketones is 1. The van der Waals surface area contributed by atoms with Gasteiger partial charge in [0, 0.05) is 18.8 Å². The number of nitrogens with zero attached hydrogens (tertiary/aromatic N) is 1. The predicted octanol–water partition coefficient (Wildman–Crippen LogP) is 1.77. The van der Waals surface area contributed by atoms with Crippen molar-refractivity contribution in [3.8, 4) is 0 Å². The van der Waals surface area contributed by atoms with E-state index in [1.165, 1.54) is 0 Å². The van der Waals surface area contributed by atoms with Gasteiger partial charge in [0.25, 0.3) is 0 Å². The molecule has 62 valence electrons. The molecule has 0 unspecified atom stereocenters. The highest BCUT2D eigenvalue weighted by atomic mass is 16.1. The molecule has 0 spiro atoms. The number of allylic oxidation sites excluding steroid dienone is 2. The van der Waals surface area contributed by atoms with E-state index in [4.69, 9.17) is 0 Å². The lowest BCUT2D eigenvalue weighted by Gasteiger charge is -1.94. The number of rotatable bonds is 3. The molecule has 0 N–H and O–H groups in total. The van der Waals surface area contributed by atoms with Crippen LogP contribution in [0.1, 0.15) is 12.5 Å². The summed E-state index contributed by atoms with van der Waals surface area (Å²) in [4.78, 5) is 15.0. The van der Waals surface area contributed by atoms with E-state index in [1.807, 2.05) is 19.1 Å². The molecule has 0 radical (unpaired) electrons. The van der Waals surface area contributed by atoms with E-state index in [1.54, 1.807) is 24.5 Å². The number of hydrogen-bond donors (Lipinski definition) is 0. The van der Waals surface area contributed by atoms with E-state index in [9.17, 15) is 4.79 Å². The number of pyridine rings is 1. The Morgan fingerprint density at radius 3 is 3.08 bits per heavy atom. The zero-order chi connectivity index (χ0) is 8.81. The molecule has 0 bridgehead atoms. The van der Waals surface area contributed by atoms with E-state index < -0.39 is 0 Å². The molecule has 0 aliphatic carbocycles. The van der Waals surface area contributed by atoms with Crippen LogP contribution in [-0.2, 0) is 11.2 Å². The van der Waals surface area contributed by atoms with Crippen LogP contribution in [0.4, 0.5) is 0 Å². The molecule has 0 saturated heterocycles. The van der Waals surface area contributed by atoms with Gasteiger partial charge in [0.15, 0.2) is 5.78 Å². The maximum absolute atomic E-state index is 11.1. The van der Waals surface area contributed by atoms with E-state index in [0.29, 0.717) is 6.42 Å². The minimum absolute atomic E-state index is 0.116. The van der Waals surface area contributed by atoms with Crippen molar-refractivity contribution in [2.24, 2.45) is 0 Å². The minimum Gasteiger partial charge on any atom is -0.294 e. The van der Waals surface area contributed by atoms with Gasteiger partial charge < -0.3 is 0 Å². The SMILES string of the molecule is C/C=C/C(=O)Cc1cccnc1. The van der Waals surface area contributed by atoms with Gasteiger partial charge in [-0.25, -0.2) is 0 Å². The molecule has 0 saturated carbocycles. The third-order valence-corrected chi connectivity index (χ3v) is 1.45. The summed E-state index contributed by atoms with van der Waals surface area (Å²) in [6.07, 6.45) is 7.18. The second-order valence-electron chi connectivity index (χ2n) is 2.50. The highest BCUT2D eigenvalue weighted by Gasteiger charge is 1.97. The molecule has 1 heterocycles. The van der Waals surface area contributed by atoms with E-state index in [-0.39, 0.29) is 5.78 Å². The average molecular weight is 161 g/mol. The summed E-state index contributed by atoms with van der Waals surface area (Å²) in [6, 6.07) is 3.73. The van der Waals surface area contributed by atoms with Crippen LogP contribution in [0, 0.1) is 0 Å². The molecule has 0 aliphatic heterocycles. The second kappa shape index (κ2) is 4.44. The minimum atomic E-state index is 0.116. The fourth-order valence-electron chi connectivity index (χ4n) is 0.949. The standard InChI is InChI=1S/C10H11NO/c1-2-4-10(12)7-9-5-3-6-11-8-9/h2-6,8H,7H2,1H3/b4-2+. The van der Waals surface area contributed by atoms with Gasteiger partial charge in [-0.2, -0.15) is 0 Å². The van der Waals surface area contributed by atoms with Crippen LogP contribution in [-0.4, -0.2) is 10.8 Å². The summed E-state index contributed by atoms with van der Waals surface area (Å²) in [5.41, 5.74) is 0.959. The first-order valence-corrected chi connectivity index (χ1v) is 3.87. The molecule has 1 aromatic rings. The first kappa shape index (κ1) is 8.65. The van der Waals surface area contributed by atoms with Crippen molar-refractivity contribution >= 4 is 5.78 Å². The molecule has 1 rings (SSSR count). The van der Waals surface area contributed by atoms with Crippen LogP contribution in [0.15, 0.2) is 36.7 Å². The normalized spacial score (nSPS) is 10.4. The highest BCUT2D eigenvalue weighted by Crippen LogP contribution is 1.97. The molecule has 0 aliphatic rings. The zero-order valence-corrected chi connectivity index (χ0v) is 7.03. The quantitative estimate of drug-likeness (QED) is 0.632. The van der Waals surface area contributed by atoms with Crippen molar-refractivity contribution < 1.29 is 4.79 Å². The van der Waals surface area contributed by atoms with E-state index in [0.717, 1.165) is 5.56 Å². The topological polar surface area (TPSA) is 30.0 Å². The van der Waals surface area contributed by atoms with Crippen LogP contribution in [0.3, 0.4) is 0 Å². The Bertz CT molecular complexity index is 277.